The zero-order valence-electron chi connectivity index (χ0n) is 27.2. The van der Waals surface area contributed by atoms with E-state index >= 15 is 0 Å². The Kier molecular flexibility index (Phi) is 6.56. The van der Waals surface area contributed by atoms with E-state index < -0.39 is 0 Å². The monoisotopic (exact) mass is 641 g/mol. The SMILES string of the molecule is C1=C(c2ccccn2)CC(c2ccccn2)C=C1n1c2ccccc2c2cccc(-c3ccc4c(c3)c3ncccc3n4-c3ccccc3)c21. The topological polar surface area (TPSA) is 48.5 Å². The molecule has 50 heavy (non-hydrogen) atoms. The molecule has 4 aromatic carbocycles. The van der Waals surface area contributed by atoms with Gasteiger partial charge in [-0.25, -0.2) is 0 Å². The molecule has 0 saturated heterocycles. The normalized spacial score (nSPS) is 14.8. The van der Waals surface area contributed by atoms with Crippen molar-refractivity contribution in [1.29, 1.82) is 0 Å². The van der Waals surface area contributed by atoms with E-state index in [1.165, 1.54) is 32.9 Å². The highest BCUT2D eigenvalue weighted by molar-refractivity contribution is 6.16. The molecule has 10 rings (SSSR count). The molecule has 0 fully saturated rings. The lowest BCUT2D eigenvalue weighted by Crippen LogP contribution is -2.09. The number of allylic oxidation sites excluding steroid dienone is 4. The van der Waals surface area contributed by atoms with Crippen molar-refractivity contribution in [2.24, 2.45) is 0 Å². The number of hydrogen-bond acceptors (Lipinski definition) is 3. The van der Waals surface area contributed by atoms with Crippen LogP contribution in [0.25, 0.3) is 71.8 Å². The number of para-hydroxylation sites is 3. The Balaban J connectivity index is 1.24. The molecule has 1 aliphatic rings. The molecular formula is C45H31N5. The fourth-order valence-corrected chi connectivity index (χ4v) is 7.82. The molecule has 5 heteroatoms. The van der Waals surface area contributed by atoms with E-state index in [1.54, 1.807) is 0 Å². The van der Waals surface area contributed by atoms with Gasteiger partial charge in [-0.05, 0) is 90.4 Å². The van der Waals surface area contributed by atoms with E-state index in [2.05, 4.69) is 143 Å². The van der Waals surface area contributed by atoms with E-state index in [-0.39, 0.29) is 5.92 Å². The number of pyridine rings is 3. The summed E-state index contributed by atoms with van der Waals surface area (Å²) in [6.45, 7) is 0. The summed E-state index contributed by atoms with van der Waals surface area (Å²) >= 11 is 0. The second-order valence-corrected chi connectivity index (χ2v) is 12.9. The molecule has 0 N–H and O–H groups in total. The second kappa shape index (κ2) is 11.5. The maximum Gasteiger partial charge on any atom is 0.0963 e. The van der Waals surface area contributed by atoms with Gasteiger partial charge in [0.2, 0.25) is 0 Å². The predicted molar refractivity (Wildman–Crippen MR) is 205 cm³/mol. The molecule has 5 aromatic heterocycles. The first-order chi connectivity index (χ1) is 24.8. The number of fused-ring (bicyclic) bond motifs is 6. The Labute approximate surface area is 289 Å². The average molecular weight is 642 g/mol. The van der Waals surface area contributed by atoms with Crippen LogP contribution in [0.5, 0.6) is 0 Å². The largest absolute Gasteiger partial charge is 0.309 e. The van der Waals surface area contributed by atoms with Crippen LogP contribution in [0.4, 0.5) is 0 Å². The Morgan fingerprint density at radius 3 is 2.16 bits per heavy atom. The molecule has 236 valence electrons. The van der Waals surface area contributed by atoms with Gasteiger partial charge in [0.05, 0.1) is 33.3 Å². The van der Waals surface area contributed by atoms with Gasteiger partial charge in [0, 0.05) is 63.3 Å². The van der Waals surface area contributed by atoms with Crippen LogP contribution >= 0.6 is 0 Å². The molecule has 5 nitrogen and oxygen atoms in total. The molecule has 1 atom stereocenters. The summed E-state index contributed by atoms with van der Waals surface area (Å²) in [6.07, 6.45) is 11.2. The van der Waals surface area contributed by atoms with Gasteiger partial charge in [0.25, 0.3) is 0 Å². The third-order valence-corrected chi connectivity index (χ3v) is 9.99. The van der Waals surface area contributed by atoms with Crippen molar-refractivity contribution in [1.82, 2.24) is 24.1 Å². The minimum atomic E-state index is 0.100. The number of benzene rings is 4. The Bertz CT molecular complexity index is 2770. The maximum atomic E-state index is 4.90. The smallest absolute Gasteiger partial charge is 0.0963 e. The highest BCUT2D eigenvalue weighted by atomic mass is 15.0. The fourth-order valence-electron chi connectivity index (χ4n) is 7.82. The highest BCUT2D eigenvalue weighted by Crippen LogP contribution is 2.43. The van der Waals surface area contributed by atoms with Crippen LogP contribution in [-0.2, 0) is 0 Å². The number of aromatic nitrogens is 5. The van der Waals surface area contributed by atoms with Crippen LogP contribution in [-0.4, -0.2) is 24.1 Å². The van der Waals surface area contributed by atoms with Crippen molar-refractivity contribution in [3.8, 4) is 16.8 Å². The average Bonchev–Trinajstić information content (AvgIpc) is 3.71. The van der Waals surface area contributed by atoms with Gasteiger partial charge >= 0.3 is 0 Å². The summed E-state index contributed by atoms with van der Waals surface area (Å²) in [5.41, 5.74) is 13.4. The number of nitrogens with zero attached hydrogens (tertiary/aromatic N) is 5. The van der Waals surface area contributed by atoms with Gasteiger partial charge in [0.1, 0.15) is 0 Å². The summed E-state index contributed by atoms with van der Waals surface area (Å²) in [5, 5.41) is 3.57. The molecule has 0 aliphatic heterocycles. The molecule has 0 bridgehead atoms. The van der Waals surface area contributed by atoms with Gasteiger partial charge in [-0.15, -0.1) is 0 Å². The lowest BCUT2D eigenvalue weighted by atomic mass is 9.88. The first-order valence-electron chi connectivity index (χ1n) is 17.0. The zero-order chi connectivity index (χ0) is 33.0. The quantitative estimate of drug-likeness (QED) is 0.188. The van der Waals surface area contributed by atoms with Crippen LogP contribution < -0.4 is 0 Å². The molecule has 0 spiro atoms. The predicted octanol–water partition coefficient (Wildman–Crippen LogP) is 10.9. The van der Waals surface area contributed by atoms with Crippen LogP contribution in [0, 0.1) is 0 Å². The van der Waals surface area contributed by atoms with Gasteiger partial charge in [0.15, 0.2) is 0 Å². The summed E-state index contributed by atoms with van der Waals surface area (Å²) in [5.74, 6) is 0.100. The summed E-state index contributed by atoms with van der Waals surface area (Å²) in [6, 6.07) is 49.3. The summed E-state index contributed by atoms with van der Waals surface area (Å²) in [4.78, 5) is 14.5. The Hall–Kier alpha value is -6.59. The van der Waals surface area contributed by atoms with Crippen LogP contribution in [0.1, 0.15) is 23.7 Å². The van der Waals surface area contributed by atoms with Crippen molar-refractivity contribution in [3.63, 3.8) is 0 Å². The Morgan fingerprint density at radius 1 is 0.540 bits per heavy atom. The van der Waals surface area contributed by atoms with Gasteiger partial charge in [-0.3, -0.25) is 15.0 Å². The maximum absolute atomic E-state index is 4.90. The van der Waals surface area contributed by atoms with Crippen molar-refractivity contribution >= 4 is 55.0 Å². The number of rotatable bonds is 5. The third-order valence-electron chi connectivity index (χ3n) is 9.99. The zero-order valence-corrected chi connectivity index (χ0v) is 27.2. The van der Waals surface area contributed by atoms with Crippen molar-refractivity contribution in [2.75, 3.05) is 0 Å². The fraction of sp³-hybridized carbons (Fsp3) is 0.0444. The van der Waals surface area contributed by atoms with Crippen LogP contribution in [0.15, 0.2) is 170 Å². The molecule has 1 aliphatic carbocycles. The standard InChI is InChI=1S/C45H31N5/c1-2-12-33(13-3-1)49-42-22-21-30(29-38(42)44-43(49)20-11-25-48-44)35-15-10-16-37-36-14-4-5-19-41(36)50(45(35)37)34-27-31(39-17-6-8-23-46-39)26-32(28-34)40-18-7-9-24-47-40/h1-25,27-29,31H,26H2. The first-order valence-corrected chi connectivity index (χ1v) is 17.0. The summed E-state index contributed by atoms with van der Waals surface area (Å²) < 4.78 is 4.77. The minimum Gasteiger partial charge on any atom is -0.309 e. The van der Waals surface area contributed by atoms with E-state index in [4.69, 9.17) is 15.0 Å². The molecule has 1 unspecified atom stereocenters. The number of hydrogen-bond donors (Lipinski definition) is 0. The van der Waals surface area contributed by atoms with Gasteiger partial charge < -0.3 is 9.13 Å². The van der Waals surface area contributed by atoms with Crippen molar-refractivity contribution in [3.05, 3.63) is 182 Å². The molecule has 5 heterocycles. The van der Waals surface area contributed by atoms with Gasteiger partial charge in [-0.2, -0.15) is 0 Å². The Morgan fingerprint density at radius 2 is 1.30 bits per heavy atom. The molecule has 0 amide bonds. The van der Waals surface area contributed by atoms with Crippen LogP contribution in [0.3, 0.4) is 0 Å². The molecule has 9 aromatic rings. The first kappa shape index (κ1) is 28.4. The van der Waals surface area contributed by atoms with E-state index in [1.807, 2.05) is 36.8 Å². The lowest BCUT2D eigenvalue weighted by molar-refractivity contribution is 0.821. The molecule has 0 radical (unpaired) electrons. The van der Waals surface area contributed by atoms with E-state index in [9.17, 15) is 0 Å². The van der Waals surface area contributed by atoms with Crippen LogP contribution in [0.2, 0.25) is 0 Å². The van der Waals surface area contributed by atoms with E-state index in [0.29, 0.717) is 0 Å². The minimum absolute atomic E-state index is 0.100. The van der Waals surface area contributed by atoms with Crippen molar-refractivity contribution < 1.29 is 0 Å². The van der Waals surface area contributed by atoms with Gasteiger partial charge in [-0.1, -0.05) is 78.9 Å². The third kappa shape index (κ3) is 4.51. The molecular weight excluding hydrogens is 611 g/mol. The summed E-state index contributed by atoms with van der Waals surface area (Å²) in [7, 11) is 0. The molecule has 0 saturated carbocycles. The lowest BCUT2D eigenvalue weighted by Gasteiger charge is -2.23. The second-order valence-electron chi connectivity index (χ2n) is 12.9. The van der Waals surface area contributed by atoms with E-state index in [0.717, 1.165) is 56.7 Å². The highest BCUT2D eigenvalue weighted by Gasteiger charge is 2.24. The van der Waals surface area contributed by atoms with Crippen molar-refractivity contribution in [2.45, 2.75) is 12.3 Å².